The Balaban J connectivity index is 1.72. The summed E-state index contributed by atoms with van der Waals surface area (Å²) in [6, 6.07) is 8.39. The number of nitrogens with one attached hydrogen (secondary N) is 1. The van der Waals surface area contributed by atoms with Gasteiger partial charge in [0, 0.05) is 25.2 Å². The number of nitrogens with zero attached hydrogens (tertiary/aromatic N) is 2. The maximum absolute atomic E-state index is 11.9. The molecule has 0 bridgehead atoms. The van der Waals surface area contributed by atoms with E-state index in [0.717, 1.165) is 39.0 Å². The van der Waals surface area contributed by atoms with Crippen LogP contribution in [0.4, 0.5) is 5.69 Å². The van der Waals surface area contributed by atoms with Crippen molar-refractivity contribution >= 4 is 11.6 Å². The van der Waals surface area contributed by atoms with Crippen LogP contribution in [0, 0.1) is 0 Å². The van der Waals surface area contributed by atoms with Crippen molar-refractivity contribution in [2.75, 3.05) is 25.1 Å². The summed E-state index contributed by atoms with van der Waals surface area (Å²) in [5.74, 6) is 0.272. The van der Waals surface area contributed by atoms with Crippen LogP contribution in [0.3, 0.4) is 0 Å². The normalized spacial score (nSPS) is 21.1. The van der Waals surface area contributed by atoms with Gasteiger partial charge in [0.15, 0.2) is 0 Å². The molecular weight excluding hydrogens is 226 g/mol. The first kappa shape index (κ1) is 11.5. The summed E-state index contributed by atoms with van der Waals surface area (Å²) in [4.78, 5) is 11.9. The molecule has 1 saturated heterocycles. The number of hydrazine groups is 1. The third kappa shape index (κ3) is 2.20. The number of anilines is 1. The Bertz CT molecular complexity index is 419. The maximum atomic E-state index is 11.9. The summed E-state index contributed by atoms with van der Waals surface area (Å²) >= 11 is 0. The number of benzene rings is 1. The van der Waals surface area contributed by atoms with Crippen LogP contribution in [0.2, 0.25) is 0 Å². The fourth-order valence-electron chi connectivity index (χ4n) is 2.71. The highest BCUT2D eigenvalue weighted by molar-refractivity contribution is 5.76. The van der Waals surface area contributed by atoms with Crippen LogP contribution in [0.1, 0.15) is 24.8 Å². The third-order valence-corrected chi connectivity index (χ3v) is 3.75. The number of rotatable bonds is 1. The molecule has 0 radical (unpaired) electrons. The van der Waals surface area contributed by atoms with Crippen molar-refractivity contribution < 1.29 is 4.79 Å². The van der Waals surface area contributed by atoms with Gasteiger partial charge in [0.05, 0.1) is 6.67 Å². The van der Waals surface area contributed by atoms with E-state index in [1.54, 1.807) is 0 Å². The molecule has 1 aromatic carbocycles. The van der Waals surface area contributed by atoms with Crippen LogP contribution < -0.4 is 5.32 Å². The van der Waals surface area contributed by atoms with Gasteiger partial charge in [0.25, 0.3) is 0 Å². The molecule has 4 heteroatoms. The van der Waals surface area contributed by atoms with E-state index < -0.39 is 0 Å². The minimum absolute atomic E-state index is 0.272. The molecule has 2 aliphatic heterocycles. The van der Waals surface area contributed by atoms with Gasteiger partial charge < -0.3 is 5.32 Å². The molecular formula is C14H19N3O. The van der Waals surface area contributed by atoms with E-state index in [1.165, 1.54) is 11.3 Å². The van der Waals surface area contributed by atoms with E-state index in [9.17, 15) is 4.79 Å². The largest absolute Gasteiger partial charge is 0.371 e. The van der Waals surface area contributed by atoms with Crippen LogP contribution in [-0.2, 0) is 11.2 Å². The lowest BCUT2D eigenvalue weighted by Gasteiger charge is -2.36. The SMILES string of the molecule is O=C1CCCCN1N1CCc2ccccc2NC1. The Kier molecular flexibility index (Phi) is 3.19. The molecule has 0 atom stereocenters. The highest BCUT2D eigenvalue weighted by atomic mass is 16.2. The molecule has 1 amide bonds. The molecule has 1 fully saturated rings. The summed E-state index contributed by atoms with van der Waals surface area (Å²) in [5, 5.41) is 7.51. The van der Waals surface area contributed by atoms with Gasteiger partial charge in [-0.05, 0) is 30.9 Å². The lowest BCUT2D eigenvalue weighted by Crippen LogP contribution is -2.50. The second kappa shape index (κ2) is 4.98. The predicted molar refractivity (Wildman–Crippen MR) is 70.9 cm³/mol. The molecule has 0 saturated carbocycles. The van der Waals surface area contributed by atoms with Crippen LogP contribution in [0.15, 0.2) is 24.3 Å². The number of amides is 1. The Morgan fingerprint density at radius 1 is 1.06 bits per heavy atom. The van der Waals surface area contributed by atoms with E-state index >= 15 is 0 Å². The van der Waals surface area contributed by atoms with Crippen LogP contribution in [0.5, 0.6) is 0 Å². The van der Waals surface area contributed by atoms with Gasteiger partial charge in [-0.15, -0.1) is 0 Å². The van der Waals surface area contributed by atoms with Crippen LogP contribution in [0.25, 0.3) is 0 Å². The minimum Gasteiger partial charge on any atom is -0.371 e. The molecule has 1 aromatic rings. The van der Waals surface area contributed by atoms with Gasteiger partial charge in [-0.25, -0.2) is 0 Å². The van der Waals surface area contributed by atoms with E-state index in [1.807, 2.05) is 11.1 Å². The van der Waals surface area contributed by atoms with E-state index in [2.05, 4.69) is 28.5 Å². The zero-order valence-electron chi connectivity index (χ0n) is 10.6. The number of hydrogen-bond acceptors (Lipinski definition) is 3. The van der Waals surface area contributed by atoms with Crippen LogP contribution >= 0.6 is 0 Å². The molecule has 2 aliphatic rings. The number of carbonyl (C=O) groups is 1. The van der Waals surface area contributed by atoms with Crippen molar-refractivity contribution in [1.29, 1.82) is 0 Å². The van der Waals surface area contributed by atoms with Gasteiger partial charge in [-0.1, -0.05) is 18.2 Å². The first-order valence-corrected chi connectivity index (χ1v) is 6.71. The van der Waals surface area contributed by atoms with Crippen molar-refractivity contribution in [2.24, 2.45) is 0 Å². The fourth-order valence-corrected chi connectivity index (χ4v) is 2.71. The van der Waals surface area contributed by atoms with Gasteiger partial charge >= 0.3 is 0 Å². The smallest absolute Gasteiger partial charge is 0.236 e. The third-order valence-electron chi connectivity index (χ3n) is 3.75. The summed E-state index contributed by atoms with van der Waals surface area (Å²) in [6.07, 6.45) is 3.85. The Hall–Kier alpha value is -1.55. The Morgan fingerprint density at radius 3 is 2.83 bits per heavy atom. The number of piperidine rings is 1. The van der Waals surface area contributed by atoms with Crippen molar-refractivity contribution in [2.45, 2.75) is 25.7 Å². The molecule has 2 heterocycles. The van der Waals surface area contributed by atoms with Gasteiger partial charge in [-0.2, -0.15) is 5.01 Å². The van der Waals surface area contributed by atoms with Crippen molar-refractivity contribution in [1.82, 2.24) is 10.0 Å². The Morgan fingerprint density at radius 2 is 1.94 bits per heavy atom. The summed E-state index contributed by atoms with van der Waals surface area (Å²) < 4.78 is 0. The highest BCUT2D eigenvalue weighted by Gasteiger charge is 2.25. The van der Waals surface area contributed by atoms with Crippen molar-refractivity contribution in [3.05, 3.63) is 29.8 Å². The standard InChI is InChI=1S/C14H19N3O/c18-14-7-3-4-9-17(14)16-10-8-12-5-1-2-6-13(12)15-11-16/h1-2,5-6,15H,3-4,7-11H2. The minimum atomic E-state index is 0.272. The van der Waals surface area contributed by atoms with Gasteiger partial charge in [0.2, 0.25) is 5.91 Å². The number of para-hydroxylation sites is 1. The zero-order chi connectivity index (χ0) is 12.4. The quantitative estimate of drug-likeness (QED) is 0.820. The predicted octanol–water partition coefficient (Wildman–Crippen LogP) is 1.84. The lowest BCUT2D eigenvalue weighted by molar-refractivity contribution is -0.152. The molecule has 4 nitrogen and oxygen atoms in total. The van der Waals surface area contributed by atoms with Crippen molar-refractivity contribution in [3.8, 4) is 0 Å². The second-order valence-electron chi connectivity index (χ2n) is 4.95. The van der Waals surface area contributed by atoms with E-state index in [4.69, 9.17) is 0 Å². The molecule has 18 heavy (non-hydrogen) atoms. The Labute approximate surface area is 108 Å². The fraction of sp³-hybridized carbons (Fsp3) is 0.500. The topological polar surface area (TPSA) is 35.6 Å². The van der Waals surface area contributed by atoms with Crippen molar-refractivity contribution in [3.63, 3.8) is 0 Å². The average Bonchev–Trinajstić information content (AvgIpc) is 2.62. The molecule has 96 valence electrons. The number of fused-ring (bicyclic) bond motifs is 1. The number of hydrogen-bond donors (Lipinski definition) is 1. The van der Waals surface area contributed by atoms with Gasteiger partial charge in [0.1, 0.15) is 0 Å². The molecule has 0 aliphatic carbocycles. The molecule has 0 aromatic heterocycles. The highest BCUT2D eigenvalue weighted by Crippen LogP contribution is 2.21. The average molecular weight is 245 g/mol. The second-order valence-corrected chi connectivity index (χ2v) is 4.95. The summed E-state index contributed by atoms with van der Waals surface area (Å²) in [6.45, 7) is 2.51. The number of carbonyl (C=O) groups excluding carboxylic acids is 1. The summed E-state index contributed by atoms with van der Waals surface area (Å²) in [5.41, 5.74) is 2.54. The molecule has 1 N–H and O–H groups in total. The molecule has 0 spiro atoms. The molecule has 3 rings (SSSR count). The first-order valence-electron chi connectivity index (χ1n) is 6.71. The maximum Gasteiger partial charge on any atom is 0.236 e. The first-order chi connectivity index (χ1) is 8.84. The lowest BCUT2D eigenvalue weighted by atomic mass is 10.1. The van der Waals surface area contributed by atoms with E-state index in [-0.39, 0.29) is 5.91 Å². The molecule has 0 unspecified atom stereocenters. The van der Waals surface area contributed by atoms with Crippen LogP contribution in [-0.4, -0.2) is 35.7 Å². The summed E-state index contributed by atoms with van der Waals surface area (Å²) in [7, 11) is 0. The monoisotopic (exact) mass is 245 g/mol. The van der Waals surface area contributed by atoms with Gasteiger partial charge in [-0.3, -0.25) is 9.80 Å². The van der Waals surface area contributed by atoms with E-state index in [0.29, 0.717) is 6.42 Å². The zero-order valence-corrected chi connectivity index (χ0v) is 10.6.